The molecule has 0 saturated heterocycles. The Morgan fingerprint density at radius 1 is 0.947 bits per heavy atom. The number of nitrogens with one attached hydrogen (secondary N) is 1. The van der Waals surface area contributed by atoms with Crippen molar-refractivity contribution in [3.8, 4) is 11.3 Å². The second-order valence-electron chi connectivity index (χ2n) is 4.80. The third-order valence-corrected chi connectivity index (χ3v) is 3.17. The van der Waals surface area contributed by atoms with Crippen LogP contribution in [-0.2, 0) is 0 Å². The predicted molar refractivity (Wildman–Crippen MR) is 77.3 cm³/mol. The smallest absolute Gasteiger partial charge is 0.274 e. The van der Waals surface area contributed by atoms with Gasteiger partial charge in [-0.3, -0.25) is 4.79 Å². The molecule has 0 spiro atoms. The fraction of sp³-hybridized carbons (Fsp3) is 0.125. The molecule has 3 nitrogen and oxygen atoms in total. The van der Waals surface area contributed by atoms with Crippen molar-refractivity contribution in [3.63, 3.8) is 0 Å². The number of nitrogens with zero attached hydrogens (tertiary/aromatic N) is 1. The van der Waals surface area contributed by atoms with Gasteiger partial charge in [0.2, 0.25) is 0 Å². The van der Waals surface area contributed by atoms with Gasteiger partial charge in [0.05, 0.1) is 11.0 Å². The summed E-state index contributed by atoms with van der Waals surface area (Å²) in [6, 6.07) is 13.6. The van der Waals surface area contributed by atoms with Gasteiger partial charge in [-0.1, -0.05) is 35.9 Å². The first-order chi connectivity index (χ1) is 9.13. The van der Waals surface area contributed by atoms with Gasteiger partial charge in [-0.25, -0.2) is 4.98 Å². The van der Waals surface area contributed by atoms with E-state index >= 15 is 0 Å². The summed E-state index contributed by atoms with van der Waals surface area (Å²) in [4.78, 5) is 19.5. The molecule has 0 saturated carbocycles. The standard InChI is InChI=1S/C16H14N2O/c1-10-3-6-12(7-4-10)15-16(19)18-13-8-5-11(2)9-14(13)17-15/h3-9H,1-2H3,(H,18,19). The Morgan fingerprint density at radius 2 is 1.63 bits per heavy atom. The molecule has 0 aliphatic carbocycles. The van der Waals surface area contributed by atoms with Crippen molar-refractivity contribution in [2.45, 2.75) is 13.8 Å². The Labute approximate surface area is 111 Å². The molecule has 3 aromatic rings. The van der Waals surface area contributed by atoms with E-state index in [1.807, 2.05) is 56.3 Å². The van der Waals surface area contributed by atoms with E-state index in [4.69, 9.17) is 0 Å². The second kappa shape index (κ2) is 4.35. The number of aromatic amines is 1. The van der Waals surface area contributed by atoms with Gasteiger partial charge in [0.1, 0.15) is 5.69 Å². The maximum Gasteiger partial charge on any atom is 0.274 e. The van der Waals surface area contributed by atoms with Crippen LogP contribution in [0.4, 0.5) is 0 Å². The monoisotopic (exact) mass is 250 g/mol. The van der Waals surface area contributed by atoms with Gasteiger partial charge < -0.3 is 4.98 Å². The highest BCUT2D eigenvalue weighted by Gasteiger charge is 2.07. The van der Waals surface area contributed by atoms with Crippen LogP contribution >= 0.6 is 0 Å². The van der Waals surface area contributed by atoms with E-state index in [1.165, 1.54) is 0 Å². The van der Waals surface area contributed by atoms with Gasteiger partial charge in [-0.05, 0) is 31.5 Å². The van der Waals surface area contributed by atoms with Crippen molar-refractivity contribution in [1.82, 2.24) is 9.97 Å². The lowest BCUT2D eigenvalue weighted by Gasteiger charge is -2.04. The minimum absolute atomic E-state index is 0.153. The second-order valence-corrected chi connectivity index (χ2v) is 4.80. The highest BCUT2D eigenvalue weighted by atomic mass is 16.1. The lowest BCUT2D eigenvalue weighted by Crippen LogP contribution is -2.11. The maximum absolute atomic E-state index is 12.1. The lowest BCUT2D eigenvalue weighted by atomic mass is 10.1. The van der Waals surface area contributed by atoms with E-state index in [0.29, 0.717) is 5.69 Å². The zero-order valence-corrected chi connectivity index (χ0v) is 10.9. The number of aromatic nitrogens is 2. The molecule has 0 fully saturated rings. The van der Waals surface area contributed by atoms with Crippen molar-refractivity contribution in [3.05, 3.63) is 63.9 Å². The molecule has 0 aliphatic rings. The molecular formula is C16H14N2O. The molecule has 2 aromatic carbocycles. The van der Waals surface area contributed by atoms with Gasteiger partial charge in [-0.2, -0.15) is 0 Å². The molecule has 0 amide bonds. The molecule has 1 heterocycles. The number of H-pyrrole nitrogens is 1. The van der Waals surface area contributed by atoms with E-state index in [1.54, 1.807) is 0 Å². The average Bonchev–Trinajstić information content (AvgIpc) is 2.40. The quantitative estimate of drug-likeness (QED) is 0.720. The first kappa shape index (κ1) is 11.7. The van der Waals surface area contributed by atoms with Gasteiger partial charge >= 0.3 is 0 Å². The molecule has 0 aliphatic heterocycles. The average molecular weight is 250 g/mol. The van der Waals surface area contributed by atoms with Gasteiger partial charge in [0, 0.05) is 5.56 Å². The fourth-order valence-corrected chi connectivity index (χ4v) is 2.10. The summed E-state index contributed by atoms with van der Waals surface area (Å²) in [7, 11) is 0. The van der Waals surface area contributed by atoms with Crippen molar-refractivity contribution >= 4 is 11.0 Å². The Kier molecular flexibility index (Phi) is 2.67. The Bertz CT molecular complexity index is 801. The van der Waals surface area contributed by atoms with E-state index in [9.17, 15) is 4.79 Å². The highest BCUT2D eigenvalue weighted by Crippen LogP contribution is 2.17. The third kappa shape index (κ3) is 2.15. The number of rotatable bonds is 1. The number of fused-ring (bicyclic) bond motifs is 1. The molecule has 3 heteroatoms. The maximum atomic E-state index is 12.1. The topological polar surface area (TPSA) is 45.8 Å². The number of hydrogen-bond acceptors (Lipinski definition) is 2. The molecule has 1 aromatic heterocycles. The van der Waals surface area contributed by atoms with Gasteiger partial charge in [0.25, 0.3) is 5.56 Å². The summed E-state index contributed by atoms with van der Waals surface area (Å²) in [6.07, 6.45) is 0. The van der Waals surface area contributed by atoms with E-state index in [-0.39, 0.29) is 5.56 Å². The number of benzene rings is 2. The first-order valence-electron chi connectivity index (χ1n) is 6.21. The molecule has 19 heavy (non-hydrogen) atoms. The Hall–Kier alpha value is -2.42. The Balaban J connectivity index is 2.26. The van der Waals surface area contributed by atoms with Crippen LogP contribution < -0.4 is 5.56 Å². The summed E-state index contributed by atoms with van der Waals surface area (Å²) >= 11 is 0. The molecule has 1 N–H and O–H groups in total. The van der Waals surface area contributed by atoms with E-state index < -0.39 is 0 Å². The highest BCUT2D eigenvalue weighted by molar-refractivity contribution is 5.77. The van der Waals surface area contributed by atoms with Crippen molar-refractivity contribution in [2.75, 3.05) is 0 Å². The number of aryl methyl sites for hydroxylation is 2. The van der Waals surface area contributed by atoms with Crippen LogP contribution in [0.25, 0.3) is 22.3 Å². The summed E-state index contributed by atoms with van der Waals surface area (Å²) in [5.74, 6) is 0. The summed E-state index contributed by atoms with van der Waals surface area (Å²) in [5, 5.41) is 0. The molecular weight excluding hydrogens is 236 g/mol. The molecule has 0 bridgehead atoms. The molecule has 0 unspecified atom stereocenters. The van der Waals surface area contributed by atoms with Gasteiger partial charge in [0.15, 0.2) is 0 Å². The largest absolute Gasteiger partial charge is 0.319 e. The van der Waals surface area contributed by atoms with Crippen LogP contribution in [0.1, 0.15) is 11.1 Å². The molecule has 94 valence electrons. The summed E-state index contributed by atoms with van der Waals surface area (Å²) in [5.41, 5.74) is 5.04. The normalized spacial score (nSPS) is 10.8. The zero-order valence-electron chi connectivity index (χ0n) is 10.9. The first-order valence-corrected chi connectivity index (χ1v) is 6.21. The minimum Gasteiger partial charge on any atom is -0.319 e. The number of hydrogen-bond donors (Lipinski definition) is 1. The van der Waals surface area contributed by atoms with Crippen LogP contribution in [0.3, 0.4) is 0 Å². The van der Waals surface area contributed by atoms with E-state index in [2.05, 4.69) is 9.97 Å². The van der Waals surface area contributed by atoms with Gasteiger partial charge in [-0.15, -0.1) is 0 Å². The summed E-state index contributed by atoms with van der Waals surface area (Å²) in [6.45, 7) is 4.03. The predicted octanol–water partition coefficient (Wildman–Crippen LogP) is 3.21. The summed E-state index contributed by atoms with van der Waals surface area (Å²) < 4.78 is 0. The molecule has 0 atom stereocenters. The SMILES string of the molecule is Cc1ccc(-c2nc3cc(C)ccc3[nH]c2=O)cc1. The van der Waals surface area contributed by atoms with E-state index in [0.717, 1.165) is 27.7 Å². The van der Waals surface area contributed by atoms with Crippen LogP contribution in [-0.4, -0.2) is 9.97 Å². The van der Waals surface area contributed by atoms with Crippen molar-refractivity contribution < 1.29 is 0 Å². The zero-order chi connectivity index (χ0) is 13.4. The lowest BCUT2D eigenvalue weighted by molar-refractivity contribution is 1.21. The van der Waals surface area contributed by atoms with Crippen molar-refractivity contribution in [1.29, 1.82) is 0 Å². The molecule has 3 rings (SSSR count). The van der Waals surface area contributed by atoms with Crippen LogP contribution in [0.5, 0.6) is 0 Å². The fourth-order valence-electron chi connectivity index (χ4n) is 2.10. The van der Waals surface area contributed by atoms with Crippen molar-refractivity contribution in [2.24, 2.45) is 0 Å². The minimum atomic E-state index is -0.153. The third-order valence-electron chi connectivity index (χ3n) is 3.17. The van der Waals surface area contributed by atoms with Crippen LogP contribution in [0.2, 0.25) is 0 Å². The van der Waals surface area contributed by atoms with Crippen LogP contribution in [0, 0.1) is 13.8 Å². The van der Waals surface area contributed by atoms with Crippen LogP contribution in [0.15, 0.2) is 47.3 Å². The molecule has 0 radical (unpaired) electrons. The Morgan fingerprint density at radius 3 is 2.37 bits per heavy atom.